The molecule has 0 aliphatic carbocycles. The molecule has 0 bridgehead atoms. The maximum atomic E-state index is 11.2. The van der Waals surface area contributed by atoms with E-state index in [2.05, 4.69) is 37.1 Å². The van der Waals surface area contributed by atoms with Crippen LogP contribution < -0.4 is 95.4 Å². The third-order valence-corrected chi connectivity index (χ3v) is 5.25. The normalized spacial score (nSPS) is 10.5. The zero-order valence-electron chi connectivity index (χ0n) is 49.7. The Morgan fingerprint density at radius 2 is 0.723 bits per heavy atom. The number of halogens is 30. The number of carboxylic acid groups (broad SMARTS) is 1. The molecular formula is C33H61F30KN9O24P3S. The van der Waals surface area contributed by atoms with E-state index in [-0.39, 0.29) is 106 Å². The molecule has 68 heteroatoms. The number of primary amides is 2. The van der Waals surface area contributed by atoms with Gasteiger partial charge in [0.15, 0.2) is 12.1 Å². The van der Waals surface area contributed by atoms with Crippen molar-refractivity contribution in [1.29, 1.82) is 10.5 Å². The Morgan fingerprint density at radius 3 is 0.733 bits per heavy atom. The Hall–Kier alpha value is -4.93. The number of carboxylic acids is 1. The van der Waals surface area contributed by atoms with Crippen LogP contribution in [0.4, 0.5) is 132 Å². The monoisotopic (exact) mass is 1700 g/mol. The zero-order chi connectivity index (χ0) is 84.4. The first-order valence-electron chi connectivity index (χ1n) is 21.0. The largest absolute Gasteiger partial charge is 1.00 e. The number of nitriles is 2. The number of nitrogens with zero attached hydrogens (tertiary/aromatic N) is 4. The molecule has 0 radical (unpaired) electrons. The SMILES string of the molecule is C.CCO.CCO.CCOC(=O)C(F)(F)F.CCOC(=O)C(F)(F)F.CCOCC.N.N#CC(F)(F)F.N#CC(F)(F)F.NC(=O)C(F)(F)F.NC(=O)C(F)(F)F.NCC(F)(F)F.NCC(F)(F)F.O=C([O-])C(F)(F)F.O=S(=O)(O)O.O=[P+]([O-])OO.O=[P+]([O-])P(=O)(O)O.[HH].[HH].[K+].[N-]=[N+]=CC(F)(F)F. The average Bonchev–Trinajstić information content (AvgIpc) is 0.947. The minimum atomic E-state index is -5.19. The molecule has 2 unspecified atom stereocenters. The number of nitrogens with two attached hydrogens (primary N) is 4. The van der Waals surface area contributed by atoms with Crippen molar-refractivity contribution in [2.45, 2.75) is 111 Å². The van der Waals surface area contributed by atoms with Gasteiger partial charge in [-0.2, -0.15) is 155 Å². The summed E-state index contributed by atoms with van der Waals surface area (Å²) in [6, 6.07) is 0.208. The van der Waals surface area contributed by atoms with E-state index < -0.39 is 144 Å². The van der Waals surface area contributed by atoms with Crippen molar-refractivity contribution >= 4 is 69.6 Å². The number of aliphatic hydroxyl groups excluding tert-OH is 2. The van der Waals surface area contributed by atoms with Gasteiger partial charge in [-0.05, 0) is 46.1 Å². The van der Waals surface area contributed by atoms with Gasteiger partial charge >= 0.3 is 177 Å². The Balaban J connectivity index is -0.0000000367. The smallest absolute Gasteiger partial charge is 0.588 e. The number of aliphatic hydroxyl groups is 2. The summed E-state index contributed by atoms with van der Waals surface area (Å²) in [5.74, 6) is -11.8. The standard InChI is InChI=1S/2C4H5F3O2.C4H10O.C2HF3N2.2C2H2F3NO.2C2H4F3N.2C2F3N.C2HF3O2.2C2H6O.CH4.K.H3N.H2O5P2.HO4P.H2O4S.2H2/c2*1-2-9-3(8)4(5,6)7;1-3-5-4-2;3-2(4,5)1-7-6;2*3-2(4,5)1(6)7;4*3-2(4,5)1-6;3-2(4,5)1(6)7;2*1-2-3;;;;1-6(2)7(3,4)5;1-4-5(2)3;1-5(2,3)4;;/h2*2H2,1H3;3-4H2,1-2H3;1H;2*(H2,6,7);2*1,6H2;;;(H,6,7);2*3H,2H2,1H3;1H4;;1H3;(H2,3,4,5);1H;(H2,1,2,3,4);2*1H/q;;;;;;;;;;;;;;+1;;;;;;/p-1. The van der Waals surface area contributed by atoms with Gasteiger partial charge in [0.2, 0.25) is 0 Å². The molecule has 2 atom stereocenters. The molecule has 33 nitrogen and oxygen atoms in total. The van der Waals surface area contributed by atoms with Crippen LogP contribution in [0, 0.1) is 22.7 Å². The molecule has 0 aromatic heterocycles. The number of rotatable bonds is 6. The molecule has 0 spiro atoms. The van der Waals surface area contributed by atoms with Crippen molar-refractivity contribution in [1.82, 2.24) is 6.15 Å². The van der Waals surface area contributed by atoms with E-state index in [1.807, 2.05) is 13.8 Å². The van der Waals surface area contributed by atoms with Crippen LogP contribution in [0.15, 0.2) is 0 Å². The molecule has 0 rings (SSSR count). The summed E-state index contributed by atoms with van der Waals surface area (Å²) >= 11 is 0. The summed E-state index contributed by atoms with van der Waals surface area (Å²) < 4.78 is 396. The fourth-order valence-electron chi connectivity index (χ4n) is 0.695. The van der Waals surface area contributed by atoms with Gasteiger partial charge in [-0.15, -0.1) is 0 Å². The van der Waals surface area contributed by atoms with Crippen molar-refractivity contribution in [3.8, 4) is 12.1 Å². The molecular weight excluding hydrogens is 1640 g/mol. The predicted octanol–water partition coefficient (Wildman–Crippen LogP) is 2.96. The Bertz CT molecular complexity index is 2210. The van der Waals surface area contributed by atoms with Crippen LogP contribution in [-0.2, 0) is 67.0 Å². The number of esters is 2. The predicted molar refractivity (Wildman–Crippen MR) is 265 cm³/mol. The van der Waals surface area contributed by atoms with Crippen LogP contribution in [0.2, 0.25) is 0 Å². The fourth-order valence-corrected chi connectivity index (χ4v) is 0.695. The molecule has 0 fully saturated rings. The number of amides is 2. The van der Waals surface area contributed by atoms with Crippen LogP contribution in [0.25, 0.3) is 5.53 Å². The first-order valence-corrected chi connectivity index (χ1v) is 26.9. The summed E-state index contributed by atoms with van der Waals surface area (Å²) in [6.07, 6.45) is -47.3. The number of carbonyl (C=O) groups excluding carboxylic acids is 5. The van der Waals surface area contributed by atoms with Gasteiger partial charge in [0.25, 0.3) is 0 Å². The molecule has 0 aromatic carbocycles. The summed E-state index contributed by atoms with van der Waals surface area (Å²) in [5.41, 5.74) is 23.2. The summed E-state index contributed by atoms with van der Waals surface area (Å²) in [4.78, 5) is 81.7. The molecule has 18 N–H and O–H groups in total. The second-order valence-corrected chi connectivity index (χ2v) is 17.1. The van der Waals surface area contributed by atoms with Gasteiger partial charge in [0.1, 0.15) is 5.97 Å². The van der Waals surface area contributed by atoms with Gasteiger partial charge < -0.3 is 78.7 Å². The number of hydrogen-bond donors (Lipinski definition) is 12. The minimum Gasteiger partial charge on any atom is -0.588 e. The molecule has 614 valence electrons. The summed E-state index contributed by atoms with van der Waals surface area (Å²) in [7, 11) is -16.1. The molecule has 0 aromatic rings. The zero-order valence-corrected chi connectivity index (χ0v) is 56.3. The maximum absolute atomic E-state index is 11.2. The molecule has 101 heavy (non-hydrogen) atoms. The quantitative estimate of drug-likeness (QED) is 0.0174. The van der Waals surface area contributed by atoms with Gasteiger partial charge in [0.05, 0.1) is 26.3 Å². The van der Waals surface area contributed by atoms with Crippen LogP contribution in [0.1, 0.15) is 51.8 Å². The van der Waals surface area contributed by atoms with Crippen molar-refractivity contribution in [3.05, 3.63) is 5.53 Å². The first kappa shape index (κ1) is 146. The van der Waals surface area contributed by atoms with Crippen LogP contribution in [-0.4, -0.2) is 198 Å². The van der Waals surface area contributed by atoms with E-state index in [9.17, 15) is 155 Å². The van der Waals surface area contributed by atoms with Crippen molar-refractivity contribution in [2.75, 3.05) is 52.7 Å². The van der Waals surface area contributed by atoms with Crippen LogP contribution in [0.5, 0.6) is 0 Å². The third-order valence-electron chi connectivity index (χ3n) is 3.41. The summed E-state index contributed by atoms with van der Waals surface area (Å²) in [6.45, 7) is 9.18. The number of aliphatic carboxylic acids is 1. The van der Waals surface area contributed by atoms with Gasteiger partial charge in [-0.25, -0.2) is 19.4 Å². The Kier molecular flexibility index (Phi) is 112. The minimum absolute atomic E-state index is 0. The topological polar surface area (TPSA) is 641 Å². The second-order valence-electron chi connectivity index (χ2n) is 11.5. The Labute approximate surface area is 592 Å². The third kappa shape index (κ3) is 253. The molecule has 0 saturated carbocycles. The van der Waals surface area contributed by atoms with E-state index >= 15 is 0 Å². The van der Waals surface area contributed by atoms with E-state index in [1.54, 1.807) is 18.6 Å². The van der Waals surface area contributed by atoms with E-state index in [1.165, 1.54) is 13.8 Å². The molecule has 0 aliphatic rings. The van der Waals surface area contributed by atoms with Crippen LogP contribution in [0.3, 0.4) is 0 Å². The summed E-state index contributed by atoms with van der Waals surface area (Å²) in [5, 5.41) is 45.0. The van der Waals surface area contributed by atoms with Gasteiger partial charge in [-0.3, -0.25) is 28.5 Å². The van der Waals surface area contributed by atoms with Crippen molar-refractivity contribution in [2.24, 2.45) is 22.9 Å². The average molecular weight is 1700 g/mol. The number of ether oxygens (including phenoxy) is 3. The van der Waals surface area contributed by atoms with Crippen molar-refractivity contribution in [3.63, 3.8) is 0 Å². The second kappa shape index (κ2) is 77.7. The van der Waals surface area contributed by atoms with E-state index in [0.717, 1.165) is 13.2 Å². The molecule has 0 heterocycles. The number of alkyl halides is 30. The van der Waals surface area contributed by atoms with E-state index in [4.69, 9.17) is 92.5 Å². The molecule has 0 aliphatic heterocycles. The molecule has 0 saturated heterocycles. The number of hydrogen-bond acceptors (Lipinski definition) is 25. The van der Waals surface area contributed by atoms with Gasteiger partial charge in [-0.1, -0.05) is 12.0 Å². The van der Waals surface area contributed by atoms with E-state index in [0.29, 0.717) is 0 Å². The first-order chi connectivity index (χ1) is 42.6. The maximum Gasteiger partial charge on any atom is 1.00 e. The van der Waals surface area contributed by atoms with Crippen molar-refractivity contribution < 1.29 is 305 Å². The van der Waals surface area contributed by atoms with Gasteiger partial charge in [0, 0.05) is 34.0 Å². The Morgan fingerprint density at radius 1 is 0.574 bits per heavy atom. The number of carbonyl (C=O) groups is 5. The molecule has 2 amide bonds. The van der Waals surface area contributed by atoms with Crippen LogP contribution >= 0.6 is 23.3 Å². The fraction of sp³-hybridized carbons (Fsp3) is 0.758.